The molecule has 6 nitrogen and oxygen atoms in total. The molecular weight excluding hydrogens is 367 g/mol. The Labute approximate surface area is 162 Å². The van der Waals surface area contributed by atoms with Gasteiger partial charge in [0.05, 0.1) is 24.0 Å². The first-order valence-corrected chi connectivity index (χ1v) is 10.5. The maximum Gasteiger partial charge on any atom is 0.241 e. The fourth-order valence-electron chi connectivity index (χ4n) is 4.45. The van der Waals surface area contributed by atoms with Crippen LogP contribution in [0.25, 0.3) is 0 Å². The first-order chi connectivity index (χ1) is 13.0. The van der Waals surface area contributed by atoms with Gasteiger partial charge in [0.2, 0.25) is 11.8 Å². The van der Waals surface area contributed by atoms with Crippen molar-refractivity contribution >= 4 is 23.6 Å². The maximum atomic E-state index is 13.2. The van der Waals surface area contributed by atoms with Gasteiger partial charge in [-0.25, -0.2) is 4.39 Å². The molecule has 3 fully saturated rings. The molecule has 0 radical (unpaired) electrons. The molecule has 8 heteroatoms. The molecule has 0 saturated carbocycles. The van der Waals surface area contributed by atoms with Gasteiger partial charge in [-0.05, 0) is 31.0 Å². The van der Waals surface area contributed by atoms with Crippen molar-refractivity contribution in [2.75, 3.05) is 31.3 Å². The highest BCUT2D eigenvalue weighted by atomic mass is 32.2. The van der Waals surface area contributed by atoms with Crippen LogP contribution >= 0.6 is 11.8 Å². The molecule has 1 aromatic rings. The van der Waals surface area contributed by atoms with Gasteiger partial charge >= 0.3 is 0 Å². The average Bonchev–Trinajstić information content (AvgIpc) is 3.37. The molecule has 3 heterocycles. The number of hydrogen-bond acceptors (Lipinski definition) is 5. The highest BCUT2D eigenvalue weighted by Gasteiger charge is 2.51. The van der Waals surface area contributed by atoms with E-state index in [0.717, 1.165) is 30.8 Å². The highest BCUT2D eigenvalue weighted by molar-refractivity contribution is 7.99. The summed E-state index contributed by atoms with van der Waals surface area (Å²) in [4.78, 5) is 31.2. The topological polar surface area (TPSA) is 69.9 Å². The minimum Gasteiger partial charge on any atom is -0.331 e. The number of amides is 2. The van der Waals surface area contributed by atoms with Gasteiger partial charge in [0.1, 0.15) is 5.82 Å². The fourth-order valence-corrected chi connectivity index (χ4v) is 5.41. The van der Waals surface area contributed by atoms with Crippen LogP contribution in [0.2, 0.25) is 0 Å². The summed E-state index contributed by atoms with van der Waals surface area (Å²) in [7, 11) is 0. The summed E-state index contributed by atoms with van der Waals surface area (Å²) < 4.78 is 13.2. The Bertz CT molecular complexity index is 725. The van der Waals surface area contributed by atoms with Gasteiger partial charge in [0.25, 0.3) is 0 Å². The molecule has 0 aliphatic carbocycles. The van der Waals surface area contributed by atoms with Crippen molar-refractivity contribution < 1.29 is 14.0 Å². The van der Waals surface area contributed by atoms with Crippen LogP contribution in [0.15, 0.2) is 24.3 Å². The molecular formula is C19H25FN4O2S. The number of benzene rings is 1. The Morgan fingerprint density at radius 1 is 1.37 bits per heavy atom. The van der Waals surface area contributed by atoms with Crippen molar-refractivity contribution in [3.05, 3.63) is 35.6 Å². The summed E-state index contributed by atoms with van der Waals surface area (Å²) in [5.74, 6) is 1.45. The van der Waals surface area contributed by atoms with Crippen LogP contribution in [0.3, 0.4) is 0 Å². The Morgan fingerprint density at radius 2 is 2.11 bits per heavy atom. The lowest BCUT2D eigenvalue weighted by Crippen LogP contribution is -2.56. The molecule has 4 rings (SSSR count). The summed E-state index contributed by atoms with van der Waals surface area (Å²) in [5, 5.41) is 0. The van der Waals surface area contributed by atoms with Gasteiger partial charge in [-0.15, -0.1) is 11.8 Å². The van der Waals surface area contributed by atoms with Gasteiger partial charge in [-0.3, -0.25) is 14.5 Å². The van der Waals surface area contributed by atoms with Crippen molar-refractivity contribution in [2.24, 2.45) is 5.73 Å². The SMILES string of the molecule is C[C@@H](c1ccc(F)cc1)N1C(=O)[C@@H]2C[C@H]1CN2C[C@H](N)C(=O)N1CCSC1. The van der Waals surface area contributed by atoms with E-state index in [0.29, 0.717) is 12.4 Å². The third kappa shape index (κ3) is 3.46. The lowest BCUT2D eigenvalue weighted by Gasteiger charge is -2.38. The molecule has 3 saturated heterocycles. The molecule has 4 atom stereocenters. The predicted octanol–water partition coefficient (Wildman–Crippen LogP) is 1.03. The van der Waals surface area contributed by atoms with Crippen LogP contribution in [0.4, 0.5) is 4.39 Å². The Balaban J connectivity index is 1.39. The number of nitrogens with zero attached hydrogens (tertiary/aromatic N) is 3. The maximum absolute atomic E-state index is 13.2. The first-order valence-electron chi connectivity index (χ1n) is 9.39. The molecule has 2 N–H and O–H groups in total. The monoisotopic (exact) mass is 392 g/mol. The highest BCUT2D eigenvalue weighted by Crippen LogP contribution is 2.37. The van der Waals surface area contributed by atoms with E-state index in [4.69, 9.17) is 5.73 Å². The van der Waals surface area contributed by atoms with Gasteiger partial charge in [-0.2, -0.15) is 0 Å². The number of halogens is 1. The molecule has 27 heavy (non-hydrogen) atoms. The zero-order chi connectivity index (χ0) is 19.1. The lowest BCUT2D eigenvalue weighted by atomic mass is 10.1. The Kier molecular flexibility index (Phi) is 5.13. The van der Waals surface area contributed by atoms with Crippen LogP contribution in [0.1, 0.15) is 24.9 Å². The summed E-state index contributed by atoms with van der Waals surface area (Å²) >= 11 is 1.74. The Hall–Kier alpha value is -1.64. The van der Waals surface area contributed by atoms with Crippen molar-refractivity contribution in [3.8, 4) is 0 Å². The Morgan fingerprint density at radius 3 is 2.74 bits per heavy atom. The van der Waals surface area contributed by atoms with Gasteiger partial charge in [0, 0.05) is 31.4 Å². The second-order valence-corrected chi connectivity index (χ2v) is 8.65. The first kappa shape index (κ1) is 18.7. The smallest absolute Gasteiger partial charge is 0.241 e. The van der Waals surface area contributed by atoms with Crippen LogP contribution in [-0.4, -0.2) is 75.9 Å². The van der Waals surface area contributed by atoms with E-state index in [1.165, 1.54) is 12.1 Å². The molecule has 2 bridgehead atoms. The molecule has 1 aromatic carbocycles. The van der Waals surface area contributed by atoms with E-state index < -0.39 is 6.04 Å². The second kappa shape index (κ2) is 7.41. The number of thioether (sulfide) groups is 1. The molecule has 146 valence electrons. The molecule has 0 unspecified atom stereocenters. The molecule has 3 aliphatic heterocycles. The van der Waals surface area contributed by atoms with Crippen molar-refractivity contribution in [2.45, 2.75) is 37.5 Å². The van der Waals surface area contributed by atoms with Crippen LogP contribution in [0.5, 0.6) is 0 Å². The van der Waals surface area contributed by atoms with Crippen LogP contribution < -0.4 is 5.73 Å². The summed E-state index contributed by atoms with van der Waals surface area (Å²) in [6, 6.07) is 5.57. The van der Waals surface area contributed by atoms with E-state index in [9.17, 15) is 14.0 Å². The fraction of sp³-hybridized carbons (Fsp3) is 0.579. The number of piperazine rings is 1. The van der Waals surface area contributed by atoms with E-state index in [1.54, 1.807) is 28.8 Å². The second-order valence-electron chi connectivity index (χ2n) is 7.58. The van der Waals surface area contributed by atoms with Gasteiger partial charge in [0.15, 0.2) is 0 Å². The van der Waals surface area contributed by atoms with E-state index in [2.05, 4.69) is 4.90 Å². The van der Waals surface area contributed by atoms with Crippen molar-refractivity contribution in [1.29, 1.82) is 0 Å². The van der Waals surface area contributed by atoms with Crippen molar-refractivity contribution in [1.82, 2.24) is 14.7 Å². The molecule has 0 spiro atoms. The number of carbonyl (C=O) groups is 2. The number of rotatable bonds is 5. The molecule has 2 amide bonds. The van der Waals surface area contributed by atoms with Gasteiger partial charge in [-0.1, -0.05) is 12.1 Å². The standard InChI is InChI=1S/C19H25FN4O2S/c1-12(13-2-4-14(20)5-3-13)24-15-8-17(19(24)26)23(9-15)10-16(21)18(25)22-6-7-27-11-22/h2-5,12,15-17H,6-11,21H2,1H3/t12-,15-,16-,17-/m0/s1. The minimum atomic E-state index is -0.584. The van der Waals surface area contributed by atoms with Crippen LogP contribution in [-0.2, 0) is 9.59 Å². The molecule has 3 aliphatic rings. The zero-order valence-corrected chi connectivity index (χ0v) is 16.2. The third-order valence-corrected chi connectivity index (χ3v) is 6.86. The van der Waals surface area contributed by atoms with E-state index in [-0.39, 0.29) is 35.8 Å². The number of carbonyl (C=O) groups excluding carboxylic acids is 2. The van der Waals surface area contributed by atoms with E-state index >= 15 is 0 Å². The number of fused-ring (bicyclic) bond motifs is 2. The largest absolute Gasteiger partial charge is 0.331 e. The lowest BCUT2D eigenvalue weighted by molar-refractivity contribution is -0.140. The average molecular weight is 393 g/mol. The molecule has 0 aromatic heterocycles. The van der Waals surface area contributed by atoms with Gasteiger partial charge < -0.3 is 15.5 Å². The minimum absolute atomic E-state index is 0.0215. The normalized spacial score (nSPS) is 27.4. The summed E-state index contributed by atoms with van der Waals surface area (Å²) in [5.41, 5.74) is 7.08. The van der Waals surface area contributed by atoms with Crippen molar-refractivity contribution in [3.63, 3.8) is 0 Å². The summed E-state index contributed by atoms with van der Waals surface area (Å²) in [6.45, 7) is 3.89. The summed E-state index contributed by atoms with van der Waals surface area (Å²) in [6.07, 6.45) is 0.769. The third-order valence-electron chi connectivity index (χ3n) is 5.90. The van der Waals surface area contributed by atoms with E-state index in [1.807, 2.05) is 11.8 Å². The van der Waals surface area contributed by atoms with Crippen LogP contribution in [0, 0.1) is 5.82 Å². The number of hydrogen-bond donors (Lipinski definition) is 1. The zero-order valence-electron chi connectivity index (χ0n) is 15.4. The number of nitrogens with two attached hydrogens (primary N) is 1. The number of likely N-dealkylation sites (tertiary alicyclic amines) is 2. The quantitative estimate of drug-likeness (QED) is 0.811. The predicted molar refractivity (Wildman–Crippen MR) is 102 cm³/mol.